The molecule has 2 aromatic rings. The van der Waals surface area contributed by atoms with Crippen molar-refractivity contribution < 1.29 is 17.6 Å². The van der Waals surface area contributed by atoms with Crippen LogP contribution in [0.2, 0.25) is 0 Å². The zero-order valence-electron chi connectivity index (χ0n) is 8.74. The van der Waals surface area contributed by atoms with E-state index in [-0.39, 0.29) is 13.1 Å². The Bertz CT molecular complexity index is 501. The number of alkyl halides is 3. The summed E-state index contributed by atoms with van der Waals surface area (Å²) in [7, 11) is 0. The van der Waals surface area contributed by atoms with Gasteiger partial charge in [0.25, 0.3) is 0 Å². The van der Waals surface area contributed by atoms with Crippen LogP contribution < -0.4 is 5.73 Å². The third-order valence-corrected chi connectivity index (χ3v) is 2.32. The number of hydrogen-bond acceptors (Lipinski definition) is 3. The van der Waals surface area contributed by atoms with Gasteiger partial charge in [0.15, 0.2) is 0 Å². The molecule has 7 heteroatoms. The van der Waals surface area contributed by atoms with Crippen molar-refractivity contribution in [3.05, 3.63) is 41.6 Å². The Morgan fingerprint density at radius 2 is 2.18 bits per heavy atom. The normalized spacial score (nSPS) is 12.0. The molecule has 2 N–H and O–H groups in total. The maximum absolute atomic E-state index is 12.3. The van der Waals surface area contributed by atoms with Gasteiger partial charge in [0, 0.05) is 18.3 Å². The van der Waals surface area contributed by atoms with Gasteiger partial charge in [0.1, 0.15) is 5.76 Å². The minimum atomic E-state index is -4.38. The third-order valence-electron chi connectivity index (χ3n) is 2.32. The van der Waals surface area contributed by atoms with Crippen LogP contribution in [0.25, 0.3) is 0 Å². The summed E-state index contributed by atoms with van der Waals surface area (Å²) in [6.07, 6.45) is -1.21. The molecule has 0 bridgehead atoms. The first-order valence-electron chi connectivity index (χ1n) is 4.85. The lowest BCUT2D eigenvalue weighted by molar-refractivity contribution is -0.137. The monoisotopic (exact) mass is 245 g/mol. The lowest BCUT2D eigenvalue weighted by Gasteiger charge is -2.02. The van der Waals surface area contributed by atoms with Gasteiger partial charge in [-0.1, -0.05) is 0 Å². The molecule has 17 heavy (non-hydrogen) atoms. The number of aromatic nitrogens is 2. The topological polar surface area (TPSA) is 57.0 Å². The summed E-state index contributed by atoms with van der Waals surface area (Å²) in [6, 6.07) is 1.68. The fraction of sp³-hybridized carbons (Fsp3) is 0.300. The van der Waals surface area contributed by atoms with E-state index in [0.29, 0.717) is 5.76 Å². The van der Waals surface area contributed by atoms with Crippen molar-refractivity contribution in [2.45, 2.75) is 19.3 Å². The second kappa shape index (κ2) is 4.25. The van der Waals surface area contributed by atoms with Crippen molar-refractivity contribution in [1.29, 1.82) is 0 Å². The van der Waals surface area contributed by atoms with Gasteiger partial charge in [-0.2, -0.15) is 18.3 Å². The molecule has 92 valence electrons. The molecule has 0 spiro atoms. The first-order valence-corrected chi connectivity index (χ1v) is 4.85. The Labute approximate surface area is 94.8 Å². The van der Waals surface area contributed by atoms with E-state index in [1.807, 2.05) is 0 Å². The Hall–Kier alpha value is -1.76. The molecule has 4 nitrogen and oxygen atoms in total. The van der Waals surface area contributed by atoms with E-state index in [1.165, 1.54) is 10.9 Å². The quantitative estimate of drug-likeness (QED) is 0.899. The molecule has 2 aromatic heterocycles. The van der Waals surface area contributed by atoms with Crippen LogP contribution in [0.15, 0.2) is 29.1 Å². The summed E-state index contributed by atoms with van der Waals surface area (Å²) >= 11 is 0. The second-order valence-electron chi connectivity index (χ2n) is 3.50. The molecule has 0 aromatic carbocycles. The summed E-state index contributed by atoms with van der Waals surface area (Å²) in [5.41, 5.74) is 5.43. The standard InChI is InChI=1S/C10H10F3N3O/c11-10(12,13)8-4-15-16(5-8)6-9-7(3-14)1-2-17-9/h1-2,4-5H,3,6,14H2. The SMILES string of the molecule is NCc1ccoc1Cn1cc(C(F)(F)F)cn1. The van der Waals surface area contributed by atoms with E-state index in [4.69, 9.17) is 10.2 Å². The van der Waals surface area contributed by atoms with Gasteiger partial charge in [0.05, 0.1) is 24.6 Å². The number of halogens is 3. The van der Waals surface area contributed by atoms with Gasteiger partial charge in [0.2, 0.25) is 0 Å². The van der Waals surface area contributed by atoms with E-state index in [0.717, 1.165) is 18.0 Å². The Morgan fingerprint density at radius 3 is 2.76 bits per heavy atom. The first-order chi connectivity index (χ1) is 8.00. The minimum Gasteiger partial charge on any atom is -0.467 e. The molecule has 0 fully saturated rings. The first kappa shape index (κ1) is 11.7. The van der Waals surface area contributed by atoms with Crippen molar-refractivity contribution in [2.24, 2.45) is 5.73 Å². The fourth-order valence-electron chi connectivity index (χ4n) is 1.43. The average molecular weight is 245 g/mol. The Balaban J connectivity index is 2.17. The van der Waals surface area contributed by atoms with Crippen LogP contribution in [0.5, 0.6) is 0 Å². The predicted molar refractivity (Wildman–Crippen MR) is 52.9 cm³/mol. The summed E-state index contributed by atoms with van der Waals surface area (Å²) in [5.74, 6) is 0.518. The van der Waals surface area contributed by atoms with Crippen molar-refractivity contribution >= 4 is 0 Å². The molecular weight excluding hydrogens is 235 g/mol. The summed E-state index contributed by atoms with van der Waals surface area (Å²) in [4.78, 5) is 0. The summed E-state index contributed by atoms with van der Waals surface area (Å²) in [5, 5.41) is 3.63. The van der Waals surface area contributed by atoms with Crippen LogP contribution in [0.3, 0.4) is 0 Å². The van der Waals surface area contributed by atoms with Gasteiger partial charge in [-0.05, 0) is 6.07 Å². The number of nitrogens with two attached hydrogens (primary N) is 1. The van der Waals surface area contributed by atoms with Crippen LogP contribution in [0.1, 0.15) is 16.9 Å². The highest BCUT2D eigenvalue weighted by molar-refractivity contribution is 5.17. The van der Waals surface area contributed by atoms with Crippen LogP contribution in [0, 0.1) is 0 Å². The Morgan fingerprint density at radius 1 is 1.41 bits per heavy atom. The van der Waals surface area contributed by atoms with Gasteiger partial charge in [-0.3, -0.25) is 4.68 Å². The molecule has 0 atom stereocenters. The molecule has 0 aliphatic heterocycles. The second-order valence-corrected chi connectivity index (χ2v) is 3.50. The number of nitrogens with zero attached hydrogens (tertiary/aromatic N) is 2. The highest BCUT2D eigenvalue weighted by atomic mass is 19.4. The van der Waals surface area contributed by atoms with Crippen LogP contribution >= 0.6 is 0 Å². The molecule has 0 unspecified atom stereocenters. The minimum absolute atomic E-state index is 0.135. The molecule has 0 saturated heterocycles. The maximum Gasteiger partial charge on any atom is 0.419 e. The molecule has 0 radical (unpaired) electrons. The lowest BCUT2D eigenvalue weighted by Crippen LogP contribution is -2.05. The summed E-state index contributed by atoms with van der Waals surface area (Å²) in [6.45, 7) is 0.412. The molecule has 0 aliphatic carbocycles. The van der Waals surface area contributed by atoms with Crippen LogP contribution in [-0.4, -0.2) is 9.78 Å². The fourth-order valence-corrected chi connectivity index (χ4v) is 1.43. The smallest absolute Gasteiger partial charge is 0.419 e. The van der Waals surface area contributed by atoms with E-state index in [1.54, 1.807) is 6.07 Å². The highest BCUT2D eigenvalue weighted by Crippen LogP contribution is 2.28. The molecule has 0 saturated carbocycles. The van der Waals surface area contributed by atoms with Gasteiger partial charge in [-0.15, -0.1) is 0 Å². The zero-order chi connectivity index (χ0) is 12.5. The van der Waals surface area contributed by atoms with Gasteiger partial charge >= 0.3 is 6.18 Å². The van der Waals surface area contributed by atoms with Gasteiger partial charge < -0.3 is 10.2 Å². The van der Waals surface area contributed by atoms with Crippen LogP contribution in [0.4, 0.5) is 13.2 Å². The van der Waals surface area contributed by atoms with E-state index >= 15 is 0 Å². The molecule has 2 rings (SSSR count). The van der Waals surface area contributed by atoms with Crippen molar-refractivity contribution in [3.8, 4) is 0 Å². The largest absolute Gasteiger partial charge is 0.467 e. The van der Waals surface area contributed by atoms with Crippen molar-refractivity contribution in [3.63, 3.8) is 0 Å². The Kier molecular flexibility index (Phi) is 2.93. The number of hydrogen-bond donors (Lipinski definition) is 1. The van der Waals surface area contributed by atoms with Crippen LogP contribution in [-0.2, 0) is 19.3 Å². The van der Waals surface area contributed by atoms with Gasteiger partial charge in [-0.25, -0.2) is 0 Å². The molecule has 0 aliphatic rings. The average Bonchev–Trinajstić information content (AvgIpc) is 2.86. The molecular formula is C10H10F3N3O. The van der Waals surface area contributed by atoms with E-state index in [9.17, 15) is 13.2 Å². The third kappa shape index (κ3) is 2.50. The predicted octanol–water partition coefficient (Wildman–Crippen LogP) is 2.00. The number of rotatable bonds is 3. The van der Waals surface area contributed by atoms with Crippen molar-refractivity contribution in [1.82, 2.24) is 9.78 Å². The lowest BCUT2D eigenvalue weighted by atomic mass is 10.2. The highest BCUT2D eigenvalue weighted by Gasteiger charge is 2.32. The molecule has 2 heterocycles. The van der Waals surface area contributed by atoms with E-state index in [2.05, 4.69) is 5.10 Å². The van der Waals surface area contributed by atoms with E-state index < -0.39 is 11.7 Å². The summed E-state index contributed by atoms with van der Waals surface area (Å²) < 4.78 is 43.3. The van der Waals surface area contributed by atoms with Crippen molar-refractivity contribution in [2.75, 3.05) is 0 Å². The number of furan rings is 1. The maximum atomic E-state index is 12.3. The molecule has 0 amide bonds. The zero-order valence-corrected chi connectivity index (χ0v) is 8.74.